The van der Waals surface area contributed by atoms with E-state index in [-0.39, 0.29) is 16.7 Å². The van der Waals surface area contributed by atoms with E-state index < -0.39 is 18.5 Å². The lowest BCUT2D eigenvalue weighted by atomic mass is 9.96. The van der Waals surface area contributed by atoms with Gasteiger partial charge in [0.1, 0.15) is 0 Å². The molecule has 2 aromatic carbocycles. The third-order valence-corrected chi connectivity index (χ3v) is 8.73. The first kappa shape index (κ1) is 29.0. The number of para-hydroxylation sites is 1. The molecule has 0 spiro atoms. The predicted octanol–water partition coefficient (Wildman–Crippen LogP) is 5.72. The topological polar surface area (TPSA) is 119 Å². The number of hydrogen-bond acceptors (Lipinski definition) is 6. The highest BCUT2D eigenvalue weighted by Gasteiger charge is 2.26. The fourth-order valence-corrected chi connectivity index (χ4v) is 6.44. The zero-order valence-electron chi connectivity index (χ0n) is 21.5. The first-order chi connectivity index (χ1) is 19.3. The molecule has 40 heavy (non-hydrogen) atoms. The standard InChI is InChI=1S/C29H28BrN3O6S/c1-2-13-33(17-19-11-14-32(15-12-19)29(38)31-21-8-4-3-5-9-21)22-10-6-7-20(16-22)26-24(30)25(39-18-23(34)35)27(40-26)28(36)37/h1,3-10,16,19H,11-15,17-18H2,(H,31,38)(H,34,35)(H,36,37). The van der Waals surface area contributed by atoms with Crippen molar-refractivity contribution in [2.75, 3.05) is 43.0 Å². The second-order valence-electron chi connectivity index (χ2n) is 9.25. The summed E-state index contributed by atoms with van der Waals surface area (Å²) < 4.78 is 5.67. The van der Waals surface area contributed by atoms with Crippen LogP contribution in [0, 0.1) is 18.3 Å². The number of piperidine rings is 1. The van der Waals surface area contributed by atoms with Crippen molar-refractivity contribution >= 4 is 56.6 Å². The molecular weight excluding hydrogens is 598 g/mol. The smallest absolute Gasteiger partial charge is 0.349 e. The molecule has 0 atom stereocenters. The van der Waals surface area contributed by atoms with Crippen molar-refractivity contribution in [3.63, 3.8) is 0 Å². The summed E-state index contributed by atoms with van der Waals surface area (Å²) in [6.45, 7) is 1.73. The summed E-state index contributed by atoms with van der Waals surface area (Å²) >= 11 is 4.42. The van der Waals surface area contributed by atoms with Crippen LogP contribution < -0.4 is 15.0 Å². The number of urea groups is 1. The molecule has 1 saturated heterocycles. The summed E-state index contributed by atoms with van der Waals surface area (Å²) in [6, 6.07) is 16.9. The van der Waals surface area contributed by atoms with E-state index in [0.717, 1.165) is 41.1 Å². The number of thiophene rings is 1. The third kappa shape index (κ3) is 7.14. The lowest BCUT2D eigenvalue weighted by Crippen LogP contribution is -2.43. The number of terminal acetylenes is 1. The Labute approximate surface area is 244 Å². The van der Waals surface area contributed by atoms with Gasteiger partial charge in [0.25, 0.3) is 0 Å². The second kappa shape index (κ2) is 13.4. The molecule has 1 aliphatic heterocycles. The quantitative estimate of drug-likeness (QED) is 0.246. The van der Waals surface area contributed by atoms with Gasteiger partial charge >= 0.3 is 18.0 Å². The maximum Gasteiger partial charge on any atom is 0.349 e. The normalized spacial score (nSPS) is 13.3. The summed E-state index contributed by atoms with van der Waals surface area (Å²) in [6.07, 6.45) is 7.38. The zero-order valence-corrected chi connectivity index (χ0v) is 23.9. The van der Waals surface area contributed by atoms with Crippen molar-refractivity contribution in [3.8, 4) is 28.5 Å². The monoisotopic (exact) mass is 625 g/mol. The number of nitrogens with one attached hydrogen (secondary N) is 1. The molecule has 2 heterocycles. The van der Waals surface area contributed by atoms with Crippen LogP contribution in [-0.2, 0) is 4.79 Å². The van der Waals surface area contributed by atoms with Crippen molar-refractivity contribution in [1.29, 1.82) is 0 Å². The van der Waals surface area contributed by atoms with Gasteiger partial charge in [0.05, 0.1) is 15.9 Å². The van der Waals surface area contributed by atoms with Crippen LogP contribution in [0.2, 0.25) is 0 Å². The van der Waals surface area contributed by atoms with Crippen LogP contribution in [0.3, 0.4) is 0 Å². The van der Waals surface area contributed by atoms with Crippen molar-refractivity contribution in [1.82, 2.24) is 4.90 Å². The number of carboxylic acid groups (broad SMARTS) is 2. The zero-order chi connectivity index (χ0) is 28.6. The number of carboxylic acids is 2. The number of carbonyl (C=O) groups is 3. The molecule has 0 saturated carbocycles. The Morgan fingerprint density at radius 2 is 1.85 bits per heavy atom. The first-order valence-electron chi connectivity index (χ1n) is 12.6. The van der Waals surface area contributed by atoms with Crippen LogP contribution in [0.5, 0.6) is 5.75 Å². The van der Waals surface area contributed by atoms with Gasteiger partial charge < -0.3 is 30.1 Å². The number of aliphatic carboxylic acids is 1. The Morgan fingerprint density at radius 1 is 1.12 bits per heavy atom. The van der Waals surface area contributed by atoms with Crippen molar-refractivity contribution in [3.05, 3.63) is 63.9 Å². The van der Waals surface area contributed by atoms with Crippen LogP contribution in [0.4, 0.5) is 16.2 Å². The molecule has 1 aliphatic rings. The minimum Gasteiger partial charge on any atom is -0.479 e. The number of amides is 2. The molecule has 9 nitrogen and oxygen atoms in total. The van der Waals surface area contributed by atoms with E-state index in [4.69, 9.17) is 16.3 Å². The molecule has 3 N–H and O–H groups in total. The number of halogens is 1. The van der Waals surface area contributed by atoms with Gasteiger partial charge in [0.2, 0.25) is 0 Å². The Kier molecular flexibility index (Phi) is 9.69. The van der Waals surface area contributed by atoms with Crippen LogP contribution >= 0.6 is 27.3 Å². The number of hydrogen-bond donors (Lipinski definition) is 3. The number of nitrogens with zero attached hydrogens (tertiary/aromatic N) is 2. The van der Waals surface area contributed by atoms with Crippen molar-refractivity contribution in [2.24, 2.45) is 5.92 Å². The average Bonchev–Trinajstić information content (AvgIpc) is 3.29. The number of likely N-dealkylation sites (tertiary alicyclic amines) is 1. The highest BCUT2D eigenvalue weighted by molar-refractivity contribution is 9.10. The van der Waals surface area contributed by atoms with E-state index >= 15 is 0 Å². The Balaban J connectivity index is 1.46. The molecule has 1 fully saturated rings. The summed E-state index contributed by atoms with van der Waals surface area (Å²) in [4.78, 5) is 39.9. The summed E-state index contributed by atoms with van der Waals surface area (Å²) in [5.74, 6) is 0.646. The minimum absolute atomic E-state index is 0.0103. The number of rotatable bonds is 10. The van der Waals surface area contributed by atoms with Gasteiger partial charge in [-0.1, -0.05) is 36.3 Å². The Hall–Kier alpha value is -4.01. The molecule has 0 unspecified atom stereocenters. The SMILES string of the molecule is C#CCN(CC1CCN(C(=O)Nc2ccccc2)CC1)c1cccc(-c2sc(C(=O)O)c(OCC(=O)O)c2Br)c1. The number of anilines is 2. The van der Waals surface area contributed by atoms with Crippen molar-refractivity contribution in [2.45, 2.75) is 12.8 Å². The molecule has 4 rings (SSSR count). The Bertz CT molecular complexity index is 1410. The van der Waals surface area contributed by atoms with Gasteiger partial charge in [0, 0.05) is 31.0 Å². The molecule has 0 bridgehead atoms. The van der Waals surface area contributed by atoms with Gasteiger partial charge in [0.15, 0.2) is 17.2 Å². The number of benzene rings is 2. The molecule has 0 radical (unpaired) electrons. The highest BCUT2D eigenvalue weighted by Crippen LogP contribution is 2.46. The predicted molar refractivity (Wildman–Crippen MR) is 158 cm³/mol. The molecule has 11 heteroatoms. The van der Waals surface area contributed by atoms with E-state index in [1.165, 1.54) is 0 Å². The summed E-state index contributed by atoms with van der Waals surface area (Å²) in [5.41, 5.74) is 2.39. The van der Waals surface area contributed by atoms with E-state index in [0.29, 0.717) is 41.4 Å². The van der Waals surface area contributed by atoms with Gasteiger partial charge in [-0.25, -0.2) is 14.4 Å². The van der Waals surface area contributed by atoms with Gasteiger partial charge in [-0.05, 0) is 64.5 Å². The van der Waals surface area contributed by atoms with Crippen LogP contribution in [0.25, 0.3) is 10.4 Å². The lowest BCUT2D eigenvalue weighted by Gasteiger charge is -2.35. The fourth-order valence-electron chi connectivity index (χ4n) is 4.55. The van der Waals surface area contributed by atoms with Crippen LogP contribution in [-0.4, -0.2) is 65.9 Å². The second-order valence-corrected chi connectivity index (χ2v) is 11.1. The highest BCUT2D eigenvalue weighted by atomic mass is 79.9. The molecular formula is C29H28BrN3O6S. The maximum absolute atomic E-state index is 12.7. The molecule has 0 aliphatic carbocycles. The van der Waals surface area contributed by atoms with E-state index in [1.807, 2.05) is 59.5 Å². The third-order valence-electron chi connectivity index (χ3n) is 6.50. The van der Waals surface area contributed by atoms with Gasteiger partial charge in [-0.15, -0.1) is 17.8 Å². The van der Waals surface area contributed by atoms with Crippen LogP contribution in [0.1, 0.15) is 22.5 Å². The van der Waals surface area contributed by atoms with E-state index in [2.05, 4.69) is 32.1 Å². The summed E-state index contributed by atoms with van der Waals surface area (Å²) in [7, 11) is 0. The largest absolute Gasteiger partial charge is 0.479 e. The maximum atomic E-state index is 12.7. The molecule has 208 valence electrons. The van der Waals surface area contributed by atoms with Gasteiger partial charge in [-0.2, -0.15) is 0 Å². The van der Waals surface area contributed by atoms with E-state index in [1.54, 1.807) is 0 Å². The first-order valence-corrected chi connectivity index (χ1v) is 14.2. The fraction of sp³-hybridized carbons (Fsp3) is 0.276. The molecule has 1 aromatic heterocycles. The van der Waals surface area contributed by atoms with Gasteiger partial charge in [-0.3, -0.25) is 0 Å². The van der Waals surface area contributed by atoms with Crippen molar-refractivity contribution < 1.29 is 29.3 Å². The lowest BCUT2D eigenvalue weighted by molar-refractivity contribution is -0.139. The number of carbonyl (C=O) groups excluding carboxylic acids is 1. The molecule has 3 aromatic rings. The molecule has 2 amide bonds. The minimum atomic E-state index is -1.20. The number of aromatic carboxylic acids is 1. The Morgan fingerprint density at radius 3 is 2.50 bits per heavy atom. The number of ether oxygens (including phenoxy) is 1. The van der Waals surface area contributed by atoms with Crippen LogP contribution in [0.15, 0.2) is 59.1 Å². The average molecular weight is 627 g/mol. The summed E-state index contributed by atoms with van der Waals surface area (Å²) in [5, 5.41) is 21.6. The van der Waals surface area contributed by atoms with E-state index in [9.17, 15) is 19.5 Å².